The summed E-state index contributed by atoms with van der Waals surface area (Å²) in [6, 6.07) is 9.31. The fraction of sp³-hybridized carbons (Fsp3) is 0.267. The number of sulfonamides is 1. The Morgan fingerprint density at radius 3 is 2.74 bits per heavy atom. The van der Waals surface area contributed by atoms with Crippen LogP contribution in [0.2, 0.25) is 0 Å². The van der Waals surface area contributed by atoms with Gasteiger partial charge in [0, 0.05) is 11.3 Å². The average Bonchev–Trinajstić information content (AvgIpc) is 3.01. The van der Waals surface area contributed by atoms with Crippen LogP contribution in [-0.4, -0.2) is 21.4 Å². The van der Waals surface area contributed by atoms with Crippen molar-refractivity contribution in [1.82, 2.24) is 10.0 Å². The Kier molecular flexibility index (Phi) is 5.86. The highest BCUT2D eigenvalue weighted by atomic mass is 32.2. The molecule has 0 aliphatic carbocycles. The number of nitrogens with one attached hydrogen (secondary N) is 2. The van der Waals surface area contributed by atoms with Crippen LogP contribution < -0.4 is 10.0 Å². The van der Waals surface area contributed by atoms with E-state index < -0.39 is 10.0 Å². The van der Waals surface area contributed by atoms with Crippen molar-refractivity contribution in [2.75, 3.05) is 7.05 Å². The number of hydrogen-bond acceptors (Lipinski definition) is 4. The van der Waals surface area contributed by atoms with E-state index in [9.17, 15) is 17.6 Å². The minimum atomic E-state index is -3.45. The molecule has 0 unspecified atom stereocenters. The lowest BCUT2D eigenvalue weighted by Crippen LogP contribution is -2.22. The monoisotopic (exact) mass is 356 g/mol. The summed E-state index contributed by atoms with van der Waals surface area (Å²) in [7, 11) is -2.10. The van der Waals surface area contributed by atoms with Gasteiger partial charge in [0.2, 0.25) is 15.9 Å². The lowest BCUT2D eigenvalue weighted by atomic mass is 10.1. The van der Waals surface area contributed by atoms with Crippen molar-refractivity contribution in [1.29, 1.82) is 0 Å². The van der Waals surface area contributed by atoms with E-state index in [1.54, 1.807) is 18.2 Å². The first-order valence-corrected chi connectivity index (χ1v) is 9.24. The summed E-state index contributed by atoms with van der Waals surface area (Å²) in [6.45, 7) is 0.270. The first-order chi connectivity index (χ1) is 10.9. The van der Waals surface area contributed by atoms with Gasteiger partial charge in [-0.3, -0.25) is 4.79 Å². The van der Waals surface area contributed by atoms with Crippen LogP contribution in [-0.2, 0) is 27.8 Å². The summed E-state index contributed by atoms with van der Waals surface area (Å²) in [6.07, 6.45) is 0.698. The molecule has 0 bridgehead atoms. The Hall–Kier alpha value is -1.77. The second-order valence-electron chi connectivity index (χ2n) is 4.83. The lowest BCUT2D eigenvalue weighted by molar-refractivity contribution is -0.121. The van der Waals surface area contributed by atoms with Gasteiger partial charge < -0.3 is 5.32 Å². The van der Waals surface area contributed by atoms with E-state index in [2.05, 4.69) is 10.0 Å². The molecule has 2 N–H and O–H groups in total. The molecular formula is C15H17FN2O3S2. The van der Waals surface area contributed by atoms with E-state index in [0.717, 1.165) is 21.8 Å². The fourth-order valence-corrected chi connectivity index (χ4v) is 4.06. The van der Waals surface area contributed by atoms with Crippen molar-refractivity contribution in [3.05, 3.63) is 52.7 Å². The number of thiophene rings is 1. The number of halogens is 1. The van der Waals surface area contributed by atoms with Gasteiger partial charge in [-0.25, -0.2) is 17.5 Å². The van der Waals surface area contributed by atoms with E-state index in [-0.39, 0.29) is 28.9 Å². The molecule has 2 aromatic rings. The zero-order chi connectivity index (χ0) is 16.9. The van der Waals surface area contributed by atoms with Gasteiger partial charge in [-0.15, -0.1) is 11.3 Å². The molecule has 23 heavy (non-hydrogen) atoms. The largest absolute Gasteiger partial charge is 0.351 e. The smallest absolute Gasteiger partial charge is 0.249 e. The Bertz CT molecular complexity index is 788. The van der Waals surface area contributed by atoms with Gasteiger partial charge >= 0.3 is 0 Å². The molecule has 1 aromatic carbocycles. The van der Waals surface area contributed by atoms with Crippen LogP contribution >= 0.6 is 11.3 Å². The number of hydrogen-bond donors (Lipinski definition) is 2. The van der Waals surface area contributed by atoms with E-state index in [1.165, 1.54) is 25.2 Å². The molecule has 8 heteroatoms. The predicted octanol–water partition coefficient (Wildman–Crippen LogP) is 2.04. The molecule has 0 saturated heterocycles. The first-order valence-electron chi connectivity index (χ1n) is 6.94. The molecule has 0 fully saturated rings. The Morgan fingerprint density at radius 1 is 1.26 bits per heavy atom. The highest BCUT2D eigenvalue weighted by Crippen LogP contribution is 2.21. The molecule has 1 aromatic heterocycles. The maximum atomic E-state index is 13.0. The van der Waals surface area contributed by atoms with Crippen molar-refractivity contribution >= 4 is 27.3 Å². The standard InChI is InChI=1S/C15H17FN2O3S2/c1-17-23(20,21)15-8-6-13(22-15)10-18-14(19)7-5-11-3-2-4-12(16)9-11/h2-4,6,8-9,17H,5,7,10H2,1H3,(H,18,19). The summed E-state index contributed by atoms with van der Waals surface area (Å²) >= 11 is 1.11. The molecule has 0 spiro atoms. The Labute approximate surface area is 138 Å². The summed E-state index contributed by atoms with van der Waals surface area (Å²) in [5.74, 6) is -0.486. The fourth-order valence-electron chi connectivity index (χ4n) is 1.92. The van der Waals surface area contributed by atoms with Crippen LogP contribution in [0.1, 0.15) is 16.9 Å². The Balaban J connectivity index is 1.83. The number of aryl methyl sites for hydroxylation is 1. The third-order valence-corrected chi connectivity index (χ3v) is 6.15. The van der Waals surface area contributed by atoms with Crippen LogP contribution in [0.3, 0.4) is 0 Å². The van der Waals surface area contributed by atoms with Crippen LogP contribution in [0.4, 0.5) is 4.39 Å². The molecule has 1 amide bonds. The van der Waals surface area contributed by atoms with Crippen molar-refractivity contribution in [3.8, 4) is 0 Å². The SMILES string of the molecule is CNS(=O)(=O)c1ccc(CNC(=O)CCc2cccc(F)c2)s1. The zero-order valence-corrected chi connectivity index (χ0v) is 14.1. The molecule has 0 radical (unpaired) electrons. The minimum absolute atomic E-state index is 0.166. The normalized spacial score (nSPS) is 11.4. The maximum absolute atomic E-state index is 13.0. The maximum Gasteiger partial charge on any atom is 0.249 e. The molecule has 1 heterocycles. The van der Waals surface area contributed by atoms with Crippen LogP contribution in [0.5, 0.6) is 0 Å². The second kappa shape index (κ2) is 7.67. The van der Waals surface area contributed by atoms with Gasteiger partial charge in [0.05, 0.1) is 6.54 Å². The highest BCUT2D eigenvalue weighted by molar-refractivity contribution is 7.91. The third kappa shape index (κ3) is 5.12. The van der Waals surface area contributed by atoms with Gasteiger partial charge in [0.25, 0.3) is 0 Å². The molecule has 0 aliphatic heterocycles. The average molecular weight is 356 g/mol. The first kappa shape index (κ1) is 17.6. The van der Waals surface area contributed by atoms with Crippen LogP contribution in [0.25, 0.3) is 0 Å². The van der Waals surface area contributed by atoms with Gasteiger partial charge in [-0.1, -0.05) is 12.1 Å². The van der Waals surface area contributed by atoms with E-state index in [1.807, 2.05) is 0 Å². The second-order valence-corrected chi connectivity index (χ2v) is 8.12. The van der Waals surface area contributed by atoms with E-state index >= 15 is 0 Å². The predicted molar refractivity (Wildman–Crippen MR) is 87.1 cm³/mol. The summed E-state index contributed by atoms with van der Waals surface area (Å²) < 4.78 is 38.7. The zero-order valence-electron chi connectivity index (χ0n) is 12.5. The molecule has 0 atom stereocenters. The third-order valence-electron chi connectivity index (χ3n) is 3.16. The van der Waals surface area contributed by atoms with Gasteiger partial charge in [0.1, 0.15) is 10.0 Å². The highest BCUT2D eigenvalue weighted by Gasteiger charge is 2.14. The topological polar surface area (TPSA) is 75.3 Å². The number of carbonyl (C=O) groups is 1. The van der Waals surface area contributed by atoms with E-state index in [0.29, 0.717) is 6.42 Å². The lowest BCUT2D eigenvalue weighted by Gasteiger charge is -2.04. The minimum Gasteiger partial charge on any atom is -0.351 e. The van der Waals surface area contributed by atoms with Crippen molar-refractivity contribution in [2.45, 2.75) is 23.6 Å². The van der Waals surface area contributed by atoms with Crippen molar-refractivity contribution < 1.29 is 17.6 Å². The molecular weight excluding hydrogens is 339 g/mol. The summed E-state index contributed by atoms with van der Waals surface area (Å²) in [5.41, 5.74) is 0.763. The van der Waals surface area contributed by atoms with Gasteiger partial charge in [0.15, 0.2) is 0 Å². The molecule has 0 aliphatic rings. The van der Waals surface area contributed by atoms with Gasteiger partial charge in [-0.05, 0) is 43.3 Å². The summed E-state index contributed by atoms with van der Waals surface area (Å²) in [5, 5.41) is 2.73. The number of carbonyl (C=O) groups excluding carboxylic acids is 1. The van der Waals surface area contributed by atoms with Crippen LogP contribution in [0, 0.1) is 5.82 Å². The Morgan fingerprint density at radius 2 is 2.04 bits per heavy atom. The summed E-state index contributed by atoms with van der Waals surface area (Å²) in [4.78, 5) is 12.6. The van der Waals surface area contributed by atoms with Crippen molar-refractivity contribution in [2.24, 2.45) is 0 Å². The number of amides is 1. The molecule has 124 valence electrons. The number of benzene rings is 1. The molecule has 5 nitrogen and oxygen atoms in total. The van der Waals surface area contributed by atoms with Crippen molar-refractivity contribution in [3.63, 3.8) is 0 Å². The molecule has 0 saturated carbocycles. The molecule has 2 rings (SSSR count). The van der Waals surface area contributed by atoms with Gasteiger partial charge in [-0.2, -0.15) is 0 Å². The van der Waals surface area contributed by atoms with Crippen LogP contribution in [0.15, 0.2) is 40.6 Å². The quantitative estimate of drug-likeness (QED) is 0.797. The number of rotatable bonds is 7. The van der Waals surface area contributed by atoms with E-state index in [4.69, 9.17) is 0 Å².